The lowest BCUT2D eigenvalue weighted by Gasteiger charge is -2.34. The third kappa shape index (κ3) is 4.14. The smallest absolute Gasteiger partial charge is 0.255 e. The first-order valence-corrected chi connectivity index (χ1v) is 8.92. The standard InChI is InChI=1S/C19H23N5O/c25-19(15-4-7-18(21-13-15)22-16-5-6-16)24-11-9-23(10-12-24)14-17-3-1-2-8-20-17/h1-4,7-8,13,16H,5-6,9-12,14H2,(H,21,22). The van der Waals surface area contributed by atoms with Crippen molar-refractivity contribution in [1.82, 2.24) is 19.8 Å². The highest BCUT2D eigenvalue weighted by Crippen LogP contribution is 2.23. The minimum absolute atomic E-state index is 0.0722. The van der Waals surface area contributed by atoms with Crippen molar-refractivity contribution in [3.05, 3.63) is 54.0 Å². The molecule has 1 aliphatic heterocycles. The maximum absolute atomic E-state index is 12.6. The fourth-order valence-electron chi connectivity index (χ4n) is 3.05. The van der Waals surface area contributed by atoms with Crippen molar-refractivity contribution >= 4 is 11.7 Å². The van der Waals surface area contributed by atoms with Crippen LogP contribution in [-0.4, -0.2) is 57.9 Å². The summed E-state index contributed by atoms with van der Waals surface area (Å²) in [6, 6.07) is 10.3. The first kappa shape index (κ1) is 16.0. The van der Waals surface area contributed by atoms with E-state index in [1.165, 1.54) is 12.8 Å². The van der Waals surface area contributed by atoms with E-state index in [1.807, 2.05) is 41.4 Å². The normalized spacial score (nSPS) is 18.2. The van der Waals surface area contributed by atoms with Crippen molar-refractivity contribution in [2.24, 2.45) is 0 Å². The summed E-state index contributed by atoms with van der Waals surface area (Å²) in [5, 5.41) is 3.34. The molecular weight excluding hydrogens is 314 g/mol. The van der Waals surface area contributed by atoms with Crippen LogP contribution in [0.25, 0.3) is 0 Å². The highest BCUT2D eigenvalue weighted by atomic mass is 16.2. The number of carbonyl (C=O) groups is 1. The number of rotatable bonds is 5. The zero-order valence-corrected chi connectivity index (χ0v) is 14.3. The minimum Gasteiger partial charge on any atom is -0.367 e. The topological polar surface area (TPSA) is 61.4 Å². The van der Waals surface area contributed by atoms with Crippen LogP contribution in [0.3, 0.4) is 0 Å². The molecule has 1 amide bonds. The molecule has 1 aliphatic carbocycles. The maximum atomic E-state index is 12.6. The van der Waals surface area contributed by atoms with Gasteiger partial charge in [-0.05, 0) is 37.1 Å². The van der Waals surface area contributed by atoms with E-state index in [1.54, 1.807) is 6.20 Å². The number of carbonyl (C=O) groups excluding carboxylic acids is 1. The number of piperazine rings is 1. The molecule has 2 aliphatic rings. The van der Waals surface area contributed by atoms with Gasteiger partial charge < -0.3 is 10.2 Å². The zero-order valence-electron chi connectivity index (χ0n) is 14.3. The Balaban J connectivity index is 1.30. The Hall–Kier alpha value is -2.47. The van der Waals surface area contributed by atoms with E-state index >= 15 is 0 Å². The lowest BCUT2D eigenvalue weighted by atomic mass is 10.2. The Morgan fingerprint density at radius 2 is 1.92 bits per heavy atom. The molecule has 0 atom stereocenters. The second-order valence-electron chi connectivity index (χ2n) is 6.74. The Morgan fingerprint density at radius 3 is 2.56 bits per heavy atom. The van der Waals surface area contributed by atoms with E-state index in [9.17, 15) is 4.79 Å². The Kier molecular flexibility index (Phi) is 4.61. The van der Waals surface area contributed by atoms with Crippen molar-refractivity contribution in [3.8, 4) is 0 Å². The number of pyridine rings is 2. The molecule has 1 saturated heterocycles. The molecule has 6 heteroatoms. The van der Waals surface area contributed by atoms with Gasteiger partial charge >= 0.3 is 0 Å². The fraction of sp³-hybridized carbons (Fsp3) is 0.421. The summed E-state index contributed by atoms with van der Waals surface area (Å²) in [5.41, 5.74) is 1.74. The van der Waals surface area contributed by atoms with Crippen molar-refractivity contribution in [2.45, 2.75) is 25.4 Å². The molecule has 0 aromatic carbocycles. The quantitative estimate of drug-likeness (QED) is 0.904. The van der Waals surface area contributed by atoms with Gasteiger partial charge in [0.05, 0.1) is 11.3 Å². The summed E-state index contributed by atoms with van der Waals surface area (Å²) in [7, 11) is 0. The van der Waals surface area contributed by atoms with Gasteiger partial charge in [0.2, 0.25) is 0 Å². The summed E-state index contributed by atoms with van der Waals surface area (Å²) in [6.07, 6.45) is 5.94. The van der Waals surface area contributed by atoms with Gasteiger partial charge in [0, 0.05) is 51.2 Å². The molecule has 4 rings (SSSR count). The predicted molar refractivity (Wildman–Crippen MR) is 96.3 cm³/mol. The maximum Gasteiger partial charge on any atom is 0.255 e. The highest BCUT2D eigenvalue weighted by molar-refractivity contribution is 5.94. The number of nitrogens with zero attached hydrogens (tertiary/aromatic N) is 4. The third-order valence-electron chi connectivity index (χ3n) is 4.71. The summed E-state index contributed by atoms with van der Waals surface area (Å²) in [5.74, 6) is 0.933. The summed E-state index contributed by atoms with van der Waals surface area (Å²) < 4.78 is 0. The molecule has 0 bridgehead atoms. The first-order chi connectivity index (χ1) is 12.3. The molecule has 1 N–H and O–H groups in total. The van der Waals surface area contributed by atoms with Gasteiger partial charge in [-0.1, -0.05) is 6.07 Å². The number of amides is 1. The van der Waals surface area contributed by atoms with E-state index < -0.39 is 0 Å². The third-order valence-corrected chi connectivity index (χ3v) is 4.71. The van der Waals surface area contributed by atoms with Crippen molar-refractivity contribution in [2.75, 3.05) is 31.5 Å². The Bertz CT molecular complexity index is 706. The van der Waals surface area contributed by atoms with Crippen molar-refractivity contribution < 1.29 is 4.79 Å². The van der Waals surface area contributed by atoms with Crippen LogP contribution in [0.15, 0.2) is 42.7 Å². The van der Waals surface area contributed by atoms with Crippen LogP contribution in [-0.2, 0) is 6.54 Å². The van der Waals surface area contributed by atoms with E-state index in [4.69, 9.17) is 0 Å². The summed E-state index contributed by atoms with van der Waals surface area (Å²) >= 11 is 0. The molecule has 25 heavy (non-hydrogen) atoms. The monoisotopic (exact) mass is 337 g/mol. The van der Waals surface area contributed by atoms with Crippen molar-refractivity contribution in [3.63, 3.8) is 0 Å². The van der Waals surface area contributed by atoms with Crippen LogP contribution in [0.2, 0.25) is 0 Å². The molecule has 0 unspecified atom stereocenters. The van der Waals surface area contributed by atoms with Crippen LogP contribution < -0.4 is 5.32 Å². The molecule has 2 fully saturated rings. The number of nitrogens with one attached hydrogen (secondary N) is 1. The number of anilines is 1. The Morgan fingerprint density at radius 1 is 1.08 bits per heavy atom. The number of hydrogen-bond donors (Lipinski definition) is 1. The van der Waals surface area contributed by atoms with Gasteiger partial charge in [-0.25, -0.2) is 4.98 Å². The molecule has 0 radical (unpaired) electrons. The van der Waals surface area contributed by atoms with Crippen LogP contribution in [0.1, 0.15) is 28.9 Å². The number of aromatic nitrogens is 2. The van der Waals surface area contributed by atoms with Gasteiger partial charge in [0.15, 0.2) is 0 Å². The average Bonchev–Trinajstić information content (AvgIpc) is 3.47. The lowest BCUT2D eigenvalue weighted by molar-refractivity contribution is 0.0626. The lowest BCUT2D eigenvalue weighted by Crippen LogP contribution is -2.48. The SMILES string of the molecule is O=C(c1ccc(NC2CC2)nc1)N1CCN(Cc2ccccn2)CC1. The molecule has 1 saturated carbocycles. The van der Waals surface area contributed by atoms with E-state index in [-0.39, 0.29) is 5.91 Å². The zero-order chi connectivity index (χ0) is 17.1. The summed E-state index contributed by atoms with van der Waals surface area (Å²) in [6.45, 7) is 4.07. The van der Waals surface area contributed by atoms with Crippen molar-refractivity contribution in [1.29, 1.82) is 0 Å². The van der Waals surface area contributed by atoms with Gasteiger partial charge in [-0.3, -0.25) is 14.7 Å². The summed E-state index contributed by atoms with van der Waals surface area (Å²) in [4.78, 5) is 25.6. The minimum atomic E-state index is 0.0722. The van der Waals surface area contributed by atoms with E-state index in [0.717, 1.165) is 44.2 Å². The molecule has 2 aromatic rings. The molecule has 130 valence electrons. The number of hydrogen-bond acceptors (Lipinski definition) is 5. The van der Waals surface area contributed by atoms with Gasteiger partial charge in [0.1, 0.15) is 5.82 Å². The molecule has 6 nitrogen and oxygen atoms in total. The van der Waals surface area contributed by atoms with Gasteiger partial charge in [-0.15, -0.1) is 0 Å². The molecule has 0 spiro atoms. The first-order valence-electron chi connectivity index (χ1n) is 8.92. The Labute approximate surface area is 147 Å². The molecule has 2 aromatic heterocycles. The predicted octanol–water partition coefficient (Wildman–Crippen LogP) is 2.01. The second kappa shape index (κ2) is 7.19. The average molecular weight is 337 g/mol. The fourth-order valence-corrected chi connectivity index (χ4v) is 3.05. The largest absolute Gasteiger partial charge is 0.367 e. The second-order valence-corrected chi connectivity index (χ2v) is 6.74. The molecular formula is C19H23N5O. The van der Waals surface area contributed by atoms with Crippen LogP contribution in [0.4, 0.5) is 5.82 Å². The van der Waals surface area contributed by atoms with Crippen LogP contribution in [0.5, 0.6) is 0 Å². The van der Waals surface area contributed by atoms with E-state index in [2.05, 4.69) is 20.2 Å². The molecule has 3 heterocycles. The van der Waals surface area contributed by atoms with Crippen LogP contribution in [0, 0.1) is 0 Å². The van der Waals surface area contributed by atoms with E-state index in [0.29, 0.717) is 11.6 Å². The highest BCUT2D eigenvalue weighted by Gasteiger charge is 2.23. The van der Waals surface area contributed by atoms with Crippen LogP contribution >= 0.6 is 0 Å². The van der Waals surface area contributed by atoms with Gasteiger partial charge in [-0.2, -0.15) is 0 Å². The van der Waals surface area contributed by atoms with Gasteiger partial charge in [0.25, 0.3) is 5.91 Å².